The van der Waals surface area contributed by atoms with E-state index in [1.165, 1.54) is 0 Å². The fourth-order valence-electron chi connectivity index (χ4n) is 1.85. The highest BCUT2D eigenvalue weighted by Gasteiger charge is 2.07. The predicted octanol–water partition coefficient (Wildman–Crippen LogP) is 1.96. The molecule has 0 atom stereocenters. The van der Waals surface area contributed by atoms with E-state index in [0.29, 0.717) is 6.54 Å². The van der Waals surface area contributed by atoms with Gasteiger partial charge < -0.3 is 15.2 Å². The Bertz CT molecular complexity index is 526. The smallest absolute Gasteiger partial charge is 0.145 e. The predicted molar refractivity (Wildman–Crippen MR) is 68.6 cm³/mol. The first kappa shape index (κ1) is 11.7. The van der Waals surface area contributed by atoms with Crippen molar-refractivity contribution >= 4 is 16.6 Å². The van der Waals surface area contributed by atoms with Gasteiger partial charge >= 0.3 is 0 Å². The quantitative estimate of drug-likeness (QED) is 0.846. The van der Waals surface area contributed by atoms with Gasteiger partial charge in [0, 0.05) is 23.3 Å². The molecule has 0 saturated carbocycles. The topological polar surface area (TPSA) is 54.4 Å². The number of anilines is 1. The van der Waals surface area contributed by atoms with E-state index in [-0.39, 0.29) is 6.61 Å². The Kier molecular flexibility index (Phi) is 3.44. The van der Waals surface area contributed by atoms with Gasteiger partial charge in [0.15, 0.2) is 0 Å². The molecule has 0 fully saturated rings. The minimum absolute atomic E-state index is 0.104. The van der Waals surface area contributed by atoms with Crippen LogP contribution in [-0.2, 0) is 0 Å². The number of para-hydroxylation sites is 1. The van der Waals surface area contributed by atoms with Gasteiger partial charge in [-0.15, -0.1) is 0 Å². The molecule has 0 aliphatic rings. The third kappa shape index (κ3) is 2.31. The van der Waals surface area contributed by atoms with Gasteiger partial charge in [-0.2, -0.15) is 0 Å². The van der Waals surface area contributed by atoms with Crippen molar-refractivity contribution in [1.29, 1.82) is 0 Å². The van der Waals surface area contributed by atoms with E-state index in [4.69, 9.17) is 9.84 Å². The van der Waals surface area contributed by atoms with Crippen molar-refractivity contribution in [3.8, 4) is 5.75 Å². The van der Waals surface area contributed by atoms with E-state index in [1.807, 2.05) is 31.2 Å². The maximum absolute atomic E-state index is 8.87. The molecule has 4 heteroatoms. The van der Waals surface area contributed by atoms with Gasteiger partial charge in [0.2, 0.25) is 0 Å². The highest BCUT2D eigenvalue weighted by atomic mass is 16.5. The van der Waals surface area contributed by atoms with E-state index < -0.39 is 0 Å². The largest absolute Gasteiger partial charge is 0.494 e. The highest BCUT2D eigenvalue weighted by Crippen LogP contribution is 2.29. The number of rotatable bonds is 4. The van der Waals surface area contributed by atoms with E-state index in [2.05, 4.69) is 10.3 Å². The normalized spacial score (nSPS) is 10.5. The summed E-state index contributed by atoms with van der Waals surface area (Å²) in [6.45, 7) is 2.57. The SMILES string of the molecule is COc1cccc2c(NCCO)cc(C)nc12. The van der Waals surface area contributed by atoms with Crippen LogP contribution in [0.5, 0.6) is 5.75 Å². The van der Waals surface area contributed by atoms with Crippen molar-refractivity contribution in [1.82, 2.24) is 4.98 Å². The number of hydrogen-bond donors (Lipinski definition) is 2. The molecule has 1 aromatic heterocycles. The molecular formula is C13H16N2O2. The van der Waals surface area contributed by atoms with Crippen LogP contribution < -0.4 is 10.1 Å². The number of aromatic nitrogens is 1. The summed E-state index contributed by atoms with van der Waals surface area (Å²) in [6.07, 6.45) is 0. The van der Waals surface area contributed by atoms with Crippen molar-refractivity contribution in [2.45, 2.75) is 6.92 Å². The molecule has 1 heterocycles. The second-order valence-corrected chi connectivity index (χ2v) is 3.82. The van der Waals surface area contributed by atoms with Crippen LogP contribution in [0.3, 0.4) is 0 Å². The molecule has 0 aliphatic heterocycles. The van der Waals surface area contributed by atoms with Gasteiger partial charge in [-0.05, 0) is 19.1 Å². The van der Waals surface area contributed by atoms with E-state index in [0.717, 1.165) is 28.0 Å². The van der Waals surface area contributed by atoms with Crippen LogP contribution in [0.15, 0.2) is 24.3 Å². The number of hydrogen-bond acceptors (Lipinski definition) is 4. The molecule has 2 aromatic rings. The molecular weight excluding hydrogens is 216 g/mol. The monoisotopic (exact) mass is 232 g/mol. The minimum Gasteiger partial charge on any atom is -0.494 e. The van der Waals surface area contributed by atoms with Crippen LogP contribution in [0.4, 0.5) is 5.69 Å². The van der Waals surface area contributed by atoms with Crippen molar-refractivity contribution < 1.29 is 9.84 Å². The molecule has 17 heavy (non-hydrogen) atoms. The van der Waals surface area contributed by atoms with Crippen LogP contribution in [-0.4, -0.2) is 30.4 Å². The van der Waals surface area contributed by atoms with Crippen molar-refractivity contribution in [3.63, 3.8) is 0 Å². The zero-order chi connectivity index (χ0) is 12.3. The molecule has 0 spiro atoms. The average Bonchev–Trinajstić information content (AvgIpc) is 2.35. The number of benzene rings is 1. The molecule has 4 nitrogen and oxygen atoms in total. The third-order valence-corrected chi connectivity index (χ3v) is 2.58. The summed E-state index contributed by atoms with van der Waals surface area (Å²) >= 11 is 0. The molecule has 0 bridgehead atoms. The number of aliphatic hydroxyl groups is 1. The Labute approximate surface area is 100 Å². The van der Waals surface area contributed by atoms with Gasteiger partial charge in [-0.1, -0.05) is 12.1 Å². The molecule has 2 rings (SSSR count). The number of ether oxygens (including phenoxy) is 1. The molecule has 0 aliphatic carbocycles. The molecule has 1 aromatic carbocycles. The Morgan fingerprint density at radius 1 is 1.41 bits per heavy atom. The lowest BCUT2D eigenvalue weighted by atomic mass is 10.1. The van der Waals surface area contributed by atoms with Crippen LogP contribution in [0.2, 0.25) is 0 Å². The summed E-state index contributed by atoms with van der Waals surface area (Å²) in [5.41, 5.74) is 2.73. The van der Waals surface area contributed by atoms with Crippen LogP contribution in [0.25, 0.3) is 10.9 Å². The van der Waals surface area contributed by atoms with E-state index in [9.17, 15) is 0 Å². The summed E-state index contributed by atoms with van der Waals surface area (Å²) in [5, 5.41) is 13.1. The van der Waals surface area contributed by atoms with Gasteiger partial charge in [-0.3, -0.25) is 0 Å². The molecule has 2 N–H and O–H groups in total. The molecule has 90 valence electrons. The van der Waals surface area contributed by atoms with Crippen LogP contribution >= 0.6 is 0 Å². The fourth-order valence-corrected chi connectivity index (χ4v) is 1.85. The van der Waals surface area contributed by atoms with Crippen molar-refractivity contribution in [2.24, 2.45) is 0 Å². The molecule has 0 saturated heterocycles. The number of methoxy groups -OCH3 is 1. The van der Waals surface area contributed by atoms with Gasteiger partial charge in [0.25, 0.3) is 0 Å². The summed E-state index contributed by atoms with van der Waals surface area (Å²) in [4.78, 5) is 4.49. The minimum atomic E-state index is 0.104. The molecule has 0 unspecified atom stereocenters. The first-order valence-electron chi connectivity index (χ1n) is 5.55. The van der Waals surface area contributed by atoms with Crippen molar-refractivity contribution in [2.75, 3.05) is 25.6 Å². The number of aryl methyl sites for hydroxylation is 1. The summed E-state index contributed by atoms with van der Waals surface area (Å²) in [6, 6.07) is 7.79. The van der Waals surface area contributed by atoms with Crippen LogP contribution in [0, 0.1) is 6.92 Å². The lowest BCUT2D eigenvalue weighted by molar-refractivity contribution is 0.311. The summed E-state index contributed by atoms with van der Waals surface area (Å²) in [7, 11) is 1.64. The van der Waals surface area contributed by atoms with Crippen molar-refractivity contribution in [3.05, 3.63) is 30.0 Å². The molecule has 0 radical (unpaired) electrons. The zero-order valence-corrected chi connectivity index (χ0v) is 10.0. The van der Waals surface area contributed by atoms with Gasteiger partial charge in [-0.25, -0.2) is 4.98 Å². The second kappa shape index (κ2) is 5.01. The third-order valence-electron chi connectivity index (χ3n) is 2.58. The van der Waals surface area contributed by atoms with Gasteiger partial charge in [0.05, 0.1) is 13.7 Å². The Hall–Kier alpha value is -1.81. The first-order chi connectivity index (χ1) is 8.26. The maximum Gasteiger partial charge on any atom is 0.145 e. The second-order valence-electron chi connectivity index (χ2n) is 3.82. The molecule has 0 amide bonds. The summed E-state index contributed by atoms with van der Waals surface area (Å²) < 4.78 is 5.30. The van der Waals surface area contributed by atoms with E-state index in [1.54, 1.807) is 7.11 Å². The maximum atomic E-state index is 8.87. The lowest BCUT2D eigenvalue weighted by Gasteiger charge is -2.11. The number of pyridine rings is 1. The standard InChI is InChI=1S/C13H16N2O2/c1-9-8-11(14-6-7-16)10-4-3-5-12(17-2)13(10)15-9/h3-5,8,16H,6-7H2,1-2H3,(H,14,15). The number of fused-ring (bicyclic) bond motifs is 1. The average molecular weight is 232 g/mol. The van der Waals surface area contributed by atoms with Gasteiger partial charge in [0.1, 0.15) is 11.3 Å². The van der Waals surface area contributed by atoms with Crippen LogP contribution in [0.1, 0.15) is 5.69 Å². The Morgan fingerprint density at radius 3 is 2.94 bits per heavy atom. The first-order valence-corrected chi connectivity index (χ1v) is 5.55. The zero-order valence-electron chi connectivity index (χ0n) is 10.0. The fraction of sp³-hybridized carbons (Fsp3) is 0.308. The lowest BCUT2D eigenvalue weighted by Crippen LogP contribution is -2.06. The number of aliphatic hydroxyl groups excluding tert-OH is 1. The highest BCUT2D eigenvalue weighted by molar-refractivity contribution is 5.95. The number of nitrogens with one attached hydrogen (secondary N) is 1. The summed E-state index contributed by atoms with van der Waals surface area (Å²) in [5.74, 6) is 0.762. The van der Waals surface area contributed by atoms with E-state index >= 15 is 0 Å². The number of nitrogens with zero attached hydrogens (tertiary/aromatic N) is 1. The Morgan fingerprint density at radius 2 is 2.24 bits per heavy atom. The Balaban J connectivity index is 2.59.